The second-order valence-electron chi connectivity index (χ2n) is 4.04. The molecule has 0 radical (unpaired) electrons. The van der Waals surface area contributed by atoms with Crippen LogP contribution in [0.1, 0.15) is 28.2 Å². The van der Waals surface area contributed by atoms with Crippen LogP contribution in [0.4, 0.5) is 14.5 Å². The molecule has 0 fully saturated rings. The van der Waals surface area contributed by atoms with Gasteiger partial charge in [-0.1, -0.05) is 6.07 Å². The standard InChI is InChI=1S/C13H12F2N2OS/c1-7(10-3-2-6-19-10)17-13(18)11-8(14)4-5-9(16)12(11)15/h2-7H,16H2,1H3,(H,17,18). The van der Waals surface area contributed by atoms with Gasteiger partial charge in [-0.25, -0.2) is 8.78 Å². The topological polar surface area (TPSA) is 55.1 Å². The largest absolute Gasteiger partial charge is 0.396 e. The molecule has 1 aromatic carbocycles. The number of thiophene rings is 1. The lowest BCUT2D eigenvalue weighted by atomic mass is 10.1. The van der Waals surface area contributed by atoms with Crippen LogP contribution in [0.3, 0.4) is 0 Å². The normalized spacial score (nSPS) is 12.2. The fourth-order valence-electron chi connectivity index (χ4n) is 1.65. The molecule has 2 aromatic rings. The van der Waals surface area contributed by atoms with Gasteiger partial charge in [0.15, 0.2) is 5.82 Å². The predicted molar refractivity (Wildman–Crippen MR) is 71.0 cm³/mol. The minimum atomic E-state index is -1.03. The quantitative estimate of drug-likeness (QED) is 0.850. The summed E-state index contributed by atoms with van der Waals surface area (Å²) in [5, 5.41) is 4.40. The van der Waals surface area contributed by atoms with Crippen LogP contribution in [0.5, 0.6) is 0 Å². The Morgan fingerprint density at radius 3 is 2.74 bits per heavy atom. The molecule has 1 unspecified atom stereocenters. The van der Waals surface area contributed by atoms with Crippen molar-refractivity contribution in [3.05, 3.63) is 51.7 Å². The fraction of sp³-hybridized carbons (Fsp3) is 0.154. The number of hydrogen-bond acceptors (Lipinski definition) is 3. The van der Waals surface area contributed by atoms with E-state index in [0.717, 1.165) is 17.0 Å². The summed E-state index contributed by atoms with van der Waals surface area (Å²) in [5.41, 5.74) is 4.43. The minimum absolute atomic E-state index is 0.254. The summed E-state index contributed by atoms with van der Waals surface area (Å²) in [6, 6.07) is 5.41. The van der Waals surface area contributed by atoms with Crippen molar-refractivity contribution in [2.24, 2.45) is 0 Å². The van der Waals surface area contributed by atoms with E-state index in [-0.39, 0.29) is 11.7 Å². The summed E-state index contributed by atoms with van der Waals surface area (Å²) in [7, 11) is 0. The molecule has 19 heavy (non-hydrogen) atoms. The SMILES string of the molecule is CC(NC(=O)c1c(F)ccc(N)c1F)c1cccs1. The Morgan fingerprint density at radius 1 is 1.37 bits per heavy atom. The Kier molecular flexibility index (Phi) is 3.80. The van der Waals surface area contributed by atoms with Crippen LogP contribution in [0, 0.1) is 11.6 Å². The van der Waals surface area contributed by atoms with Crippen molar-refractivity contribution in [2.75, 3.05) is 5.73 Å². The number of benzene rings is 1. The average molecular weight is 282 g/mol. The van der Waals surface area contributed by atoms with Crippen LogP contribution in [0.25, 0.3) is 0 Å². The van der Waals surface area contributed by atoms with Crippen molar-refractivity contribution >= 4 is 22.9 Å². The summed E-state index contributed by atoms with van der Waals surface area (Å²) in [6.07, 6.45) is 0. The smallest absolute Gasteiger partial charge is 0.257 e. The molecular formula is C13H12F2N2OS. The van der Waals surface area contributed by atoms with Gasteiger partial charge in [-0.3, -0.25) is 4.79 Å². The molecule has 1 atom stereocenters. The molecule has 100 valence electrons. The first-order valence-corrected chi connectivity index (χ1v) is 6.46. The van der Waals surface area contributed by atoms with Gasteiger partial charge in [0.05, 0.1) is 11.7 Å². The molecule has 0 aliphatic heterocycles. The zero-order valence-electron chi connectivity index (χ0n) is 10.1. The highest BCUT2D eigenvalue weighted by molar-refractivity contribution is 7.10. The maximum absolute atomic E-state index is 13.7. The van der Waals surface area contributed by atoms with Crippen LogP contribution in [-0.4, -0.2) is 5.91 Å². The molecule has 0 aliphatic rings. The van der Waals surface area contributed by atoms with Gasteiger partial charge in [0, 0.05) is 4.88 Å². The Balaban J connectivity index is 2.23. The molecule has 1 heterocycles. The summed E-state index contributed by atoms with van der Waals surface area (Å²) >= 11 is 1.45. The Labute approximate surface area is 113 Å². The van der Waals surface area contributed by atoms with Gasteiger partial charge in [-0.2, -0.15) is 0 Å². The van der Waals surface area contributed by atoms with E-state index in [4.69, 9.17) is 5.73 Å². The highest BCUT2D eigenvalue weighted by Crippen LogP contribution is 2.22. The highest BCUT2D eigenvalue weighted by Gasteiger charge is 2.21. The molecule has 0 saturated carbocycles. The molecule has 3 nitrogen and oxygen atoms in total. The van der Waals surface area contributed by atoms with Gasteiger partial charge in [0.1, 0.15) is 11.4 Å². The Bertz CT molecular complexity index is 599. The van der Waals surface area contributed by atoms with E-state index in [0.29, 0.717) is 0 Å². The summed E-state index contributed by atoms with van der Waals surface area (Å²) in [4.78, 5) is 12.8. The molecule has 1 aromatic heterocycles. The number of rotatable bonds is 3. The van der Waals surface area contributed by atoms with E-state index in [1.54, 1.807) is 6.92 Å². The van der Waals surface area contributed by atoms with Crippen molar-refractivity contribution < 1.29 is 13.6 Å². The van der Waals surface area contributed by atoms with E-state index < -0.39 is 23.1 Å². The maximum atomic E-state index is 13.7. The highest BCUT2D eigenvalue weighted by atomic mass is 32.1. The van der Waals surface area contributed by atoms with Crippen molar-refractivity contribution in [3.8, 4) is 0 Å². The third kappa shape index (κ3) is 2.73. The van der Waals surface area contributed by atoms with Crippen molar-refractivity contribution in [2.45, 2.75) is 13.0 Å². The molecule has 2 rings (SSSR count). The molecule has 3 N–H and O–H groups in total. The van der Waals surface area contributed by atoms with Crippen LogP contribution >= 0.6 is 11.3 Å². The van der Waals surface area contributed by atoms with Crippen molar-refractivity contribution in [1.29, 1.82) is 0 Å². The zero-order valence-corrected chi connectivity index (χ0v) is 10.9. The first kappa shape index (κ1) is 13.5. The van der Waals surface area contributed by atoms with E-state index in [9.17, 15) is 13.6 Å². The van der Waals surface area contributed by atoms with Gasteiger partial charge in [0.2, 0.25) is 0 Å². The molecule has 0 saturated heterocycles. The summed E-state index contributed by atoms with van der Waals surface area (Å²) in [5.74, 6) is -2.78. The summed E-state index contributed by atoms with van der Waals surface area (Å²) in [6.45, 7) is 1.74. The maximum Gasteiger partial charge on any atom is 0.257 e. The van der Waals surface area contributed by atoms with Crippen molar-refractivity contribution in [3.63, 3.8) is 0 Å². The third-order valence-electron chi connectivity index (χ3n) is 2.67. The summed E-state index contributed by atoms with van der Waals surface area (Å²) < 4.78 is 27.2. The van der Waals surface area contributed by atoms with Crippen LogP contribution in [-0.2, 0) is 0 Å². The van der Waals surface area contributed by atoms with Crippen molar-refractivity contribution in [1.82, 2.24) is 5.32 Å². The predicted octanol–water partition coefficient (Wildman–Crippen LogP) is 3.10. The lowest BCUT2D eigenvalue weighted by Crippen LogP contribution is -2.28. The Hall–Kier alpha value is -1.95. The van der Waals surface area contributed by atoms with Gasteiger partial charge in [-0.05, 0) is 30.5 Å². The van der Waals surface area contributed by atoms with Gasteiger partial charge >= 0.3 is 0 Å². The number of nitrogen functional groups attached to an aromatic ring is 1. The molecule has 6 heteroatoms. The second-order valence-corrected chi connectivity index (χ2v) is 5.02. The first-order valence-electron chi connectivity index (χ1n) is 5.58. The average Bonchev–Trinajstić information content (AvgIpc) is 2.88. The number of hydrogen-bond donors (Lipinski definition) is 2. The number of carbonyl (C=O) groups excluding carboxylic acids is 1. The number of nitrogens with one attached hydrogen (secondary N) is 1. The van der Waals surface area contributed by atoms with Gasteiger partial charge < -0.3 is 11.1 Å². The van der Waals surface area contributed by atoms with Crippen LogP contribution < -0.4 is 11.1 Å². The number of amides is 1. The fourth-order valence-corrected chi connectivity index (χ4v) is 2.39. The molecule has 0 bridgehead atoms. The molecular weight excluding hydrogens is 270 g/mol. The zero-order chi connectivity index (χ0) is 14.0. The minimum Gasteiger partial charge on any atom is -0.396 e. The monoisotopic (exact) mass is 282 g/mol. The first-order chi connectivity index (χ1) is 9.00. The van der Waals surface area contributed by atoms with Crippen LogP contribution in [0.2, 0.25) is 0 Å². The lowest BCUT2D eigenvalue weighted by molar-refractivity contribution is 0.0932. The molecule has 0 spiro atoms. The third-order valence-corrected chi connectivity index (χ3v) is 3.72. The Morgan fingerprint density at radius 2 is 2.11 bits per heavy atom. The molecule has 1 amide bonds. The number of halogens is 2. The van der Waals surface area contributed by atoms with E-state index in [1.807, 2.05) is 17.5 Å². The van der Waals surface area contributed by atoms with E-state index >= 15 is 0 Å². The van der Waals surface area contributed by atoms with Gasteiger partial charge in [0.25, 0.3) is 5.91 Å². The van der Waals surface area contributed by atoms with Crippen LogP contribution in [0.15, 0.2) is 29.6 Å². The van der Waals surface area contributed by atoms with E-state index in [1.165, 1.54) is 11.3 Å². The second kappa shape index (κ2) is 5.36. The number of anilines is 1. The number of nitrogens with two attached hydrogens (primary N) is 1. The lowest BCUT2D eigenvalue weighted by Gasteiger charge is -2.13. The molecule has 0 aliphatic carbocycles. The van der Waals surface area contributed by atoms with E-state index in [2.05, 4.69) is 5.32 Å². The number of carbonyl (C=O) groups is 1. The van der Waals surface area contributed by atoms with Gasteiger partial charge in [-0.15, -0.1) is 11.3 Å².